The first-order valence-electron chi connectivity index (χ1n) is 10.1. The van der Waals surface area contributed by atoms with Gasteiger partial charge in [-0.25, -0.2) is 8.42 Å². The zero-order valence-electron chi connectivity index (χ0n) is 16.7. The van der Waals surface area contributed by atoms with Gasteiger partial charge in [0, 0.05) is 44.6 Å². The molecule has 30 heavy (non-hydrogen) atoms. The smallest absolute Gasteiger partial charge is 0.239 e. The maximum Gasteiger partial charge on any atom is 0.239 e. The number of carbonyl (C=O) groups excluding carboxylic acids is 1. The first kappa shape index (κ1) is 19.6. The van der Waals surface area contributed by atoms with Gasteiger partial charge in [-0.1, -0.05) is 17.7 Å². The molecule has 7 nitrogen and oxygen atoms in total. The van der Waals surface area contributed by atoms with E-state index in [1.807, 2.05) is 18.2 Å². The number of hydrogen-bond donors (Lipinski definition) is 1. The summed E-state index contributed by atoms with van der Waals surface area (Å²) in [5.74, 6) is 0.171. The topological polar surface area (TPSA) is 82.6 Å². The number of rotatable bonds is 2. The van der Waals surface area contributed by atoms with Crippen molar-refractivity contribution in [3.05, 3.63) is 41.2 Å². The third-order valence-corrected chi connectivity index (χ3v) is 8.75. The molecule has 1 N–H and O–H groups in total. The van der Waals surface area contributed by atoms with Crippen LogP contribution in [0.5, 0.6) is 0 Å². The van der Waals surface area contributed by atoms with E-state index in [-0.39, 0.29) is 17.1 Å². The molecule has 0 aliphatic carbocycles. The fraction of sp³-hybridized carbons (Fsp3) is 0.429. The highest BCUT2D eigenvalue weighted by atomic mass is 35.5. The Balaban J connectivity index is 1.49. The highest BCUT2D eigenvalue weighted by molar-refractivity contribution is 7.92. The number of nitrogens with zero attached hydrogens (tertiary/aromatic N) is 3. The number of pyridine rings is 1. The second-order valence-corrected chi connectivity index (χ2v) is 10.8. The molecule has 2 saturated heterocycles. The third kappa shape index (κ3) is 2.96. The summed E-state index contributed by atoms with van der Waals surface area (Å²) in [5, 5.41) is 3.53. The standard InChI is InChI=1S/C21H23ClN4O3S/c1-25-18-3-2-14(10-15(18)13-30(25,28)29)16-11-23-12-17(22)19(16)26-8-5-21(6-9-26)4-7-24-20(21)27/h2-3,10-12H,4-9,13H2,1H3,(H,24,27). The Morgan fingerprint density at radius 3 is 2.63 bits per heavy atom. The number of benzene rings is 1. The second-order valence-electron chi connectivity index (χ2n) is 8.36. The molecular weight excluding hydrogens is 424 g/mol. The van der Waals surface area contributed by atoms with Crippen LogP contribution in [0.2, 0.25) is 5.02 Å². The van der Waals surface area contributed by atoms with Crippen molar-refractivity contribution in [3.63, 3.8) is 0 Å². The molecule has 1 aromatic carbocycles. The number of anilines is 2. The maximum absolute atomic E-state index is 12.3. The van der Waals surface area contributed by atoms with Crippen LogP contribution in [0.1, 0.15) is 24.8 Å². The Morgan fingerprint density at radius 1 is 1.17 bits per heavy atom. The number of piperidine rings is 1. The fourth-order valence-corrected chi connectivity index (χ4v) is 6.50. The molecular formula is C21H23ClN4O3S. The summed E-state index contributed by atoms with van der Waals surface area (Å²) in [5.41, 5.74) is 3.91. The predicted octanol–water partition coefficient (Wildman–Crippen LogP) is 2.79. The summed E-state index contributed by atoms with van der Waals surface area (Å²) >= 11 is 6.59. The van der Waals surface area contributed by atoms with E-state index in [1.54, 1.807) is 19.4 Å². The molecule has 5 rings (SSSR count). The molecule has 0 bridgehead atoms. The molecule has 9 heteroatoms. The van der Waals surface area contributed by atoms with Crippen molar-refractivity contribution in [2.75, 3.05) is 35.9 Å². The number of nitrogens with one attached hydrogen (secondary N) is 1. The van der Waals surface area contributed by atoms with E-state index in [4.69, 9.17) is 11.6 Å². The summed E-state index contributed by atoms with van der Waals surface area (Å²) in [6, 6.07) is 5.68. The molecule has 3 aliphatic rings. The Kier molecular flexibility index (Phi) is 4.48. The van der Waals surface area contributed by atoms with E-state index in [0.717, 1.165) is 61.3 Å². The van der Waals surface area contributed by atoms with Crippen molar-refractivity contribution in [1.82, 2.24) is 10.3 Å². The Labute approximate surface area is 181 Å². The van der Waals surface area contributed by atoms with E-state index in [9.17, 15) is 13.2 Å². The van der Waals surface area contributed by atoms with E-state index in [1.165, 1.54) is 4.31 Å². The summed E-state index contributed by atoms with van der Waals surface area (Å²) in [7, 11) is -1.72. The van der Waals surface area contributed by atoms with Crippen molar-refractivity contribution < 1.29 is 13.2 Å². The molecule has 2 fully saturated rings. The minimum absolute atomic E-state index is 0.00263. The number of amides is 1. The van der Waals surface area contributed by atoms with E-state index >= 15 is 0 Å². The molecule has 0 unspecified atom stereocenters. The van der Waals surface area contributed by atoms with Crippen molar-refractivity contribution in [3.8, 4) is 11.1 Å². The summed E-state index contributed by atoms with van der Waals surface area (Å²) < 4.78 is 25.8. The number of hydrogen-bond acceptors (Lipinski definition) is 5. The lowest BCUT2D eigenvalue weighted by Crippen LogP contribution is -2.44. The molecule has 0 saturated carbocycles. The molecule has 1 amide bonds. The predicted molar refractivity (Wildman–Crippen MR) is 117 cm³/mol. The van der Waals surface area contributed by atoms with Crippen LogP contribution in [-0.2, 0) is 20.6 Å². The van der Waals surface area contributed by atoms with Gasteiger partial charge < -0.3 is 10.2 Å². The fourth-order valence-electron chi connectivity index (χ4n) is 4.93. The van der Waals surface area contributed by atoms with Gasteiger partial charge in [0.2, 0.25) is 15.9 Å². The van der Waals surface area contributed by atoms with Gasteiger partial charge in [-0.15, -0.1) is 0 Å². The molecule has 3 aliphatic heterocycles. The van der Waals surface area contributed by atoms with Gasteiger partial charge in [0.25, 0.3) is 0 Å². The van der Waals surface area contributed by atoms with Gasteiger partial charge in [0.05, 0.1) is 27.6 Å². The first-order chi connectivity index (χ1) is 14.3. The average molecular weight is 447 g/mol. The second kappa shape index (κ2) is 6.85. The average Bonchev–Trinajstić information content (AvgIpc) is 3.18. The van der Waals surface area contributed by atoms with Crippen LogP contribution in [0.25, 0.3) is 11.1 Å². The number of aromatic nitrogens is 1. The summed E-state index contributed by atoms with van der Waals surface area (Å²) in [6.07, 6.45) is 5.90. The molecule has 0 atom stereocenters. The lowest BCUT2D eigenvalue weighted by molar-refractivity contribution is -0.128. The Hall–Kier alpha value is -2.32. The normalized spacial score (nSPS) is 21.7. The van der Waals surface area contributed by atoms with E-state index in [2.05, 4.69) is 15.2 Å². The van der Waals surface area contributed by atoms with Crippen LogP contribution in [-0.4, -0.2) is 46.0 Å². The highest BCUT2D eigenvalue weighted by Gasteiger charge is 2.44. The minimum atomic E-state index is -3.30. The lowest BCUT2D eigenvalue weighted by atomic mass is 9.77. The largest absolute Gasteiger partial charge is 0.370 e. The number of fused-ring (bicyclic) bond motifs is 1. The van der Waals surface area contributed by atoms with E-state index in [0.29, 0.717) is 10.7 Å². The van der Waals surface area contributed by atoms with Gasteiger partial charge in [-0.3, -0.25) is 14.1 Å². The third-order valence-electron chi connectivity index (χ3n) is 6.77. The highest BCUT2D eigenvalue weighted by Crippen LogP contribution is 2.44. The van der Waals surface area contributed by atoms with Crippen LogP contribution in [0, 0.1) is 5.41 Å². The SMILES string of the molecule is CN1c2ccc(-c3cncc(Cl)c3N3CCC4(CCNC4=O)CC3)cc2CS1(=O)=O. The molecule has 4 heterocycles. The first-order valence-corrected chi connectivity index (χ1v) is 12.1. The molecule has 1 spiro atoms. The Bertz CT molecular complexity index is 1140. The van der Waals surface area contributed by atoms with Crippen molar-refractivity contribution in [2.45, 2.75) is 25.0 Å². The van der Waals surface area contributed by atoms with Gasteiger partial charge in [-0.05, 0) is 42.5 Å². The van der Waals surface area contributed by atoms with Crippen LogP contribution < -0.4 is 14.5 Å². The van der Waals surface area contributed by atoms with Gasteiger partial charge in [-0.2, -0.15) is 0 Å². The molecule has 0 radical (unpaired) electrons. The molecule has 2 aromatic rings. The number of halogens is 1. The molecule has 158 valence electrons. The number of carbonyl (C=O) groups is 1. The Morgan fingerprint density at radius 2 is 1.93 bits per heavy atom. The van der Waals surface area contributed by atoms with E-state index < -0.39 is 10.0 Å². The quantitative estimate of drug-likeness (QED) is 0.767. The van der Waals surface area contributed by atoms with Crippen LogP contribution in [0.15, 0.2) is 30.6 Å². The summed E-state index contributed by atoms with van der Waals surface area (Å²) in [4.78, 5) is 18.8. The van der Waals surface area contributed by atoms with Crippen molar-refractivity contribution in [1.29, 1.82) is 0 Å². The maximum atomic E-state index is 12.3. The summed E-state index contributed by atoms with van der Waals surface area (Å²) in [6.45, 7) is 2.24. The zero-order chi connectivity index (χ0) is 21.1. The lowest BCUT2D eigenvalue weighted by Gasteiger charge is -2.39. The van der Waals surface area contributed by atoms with Gasteiger partial charge in [0.1, 0.15) is 0 Å². The zero-order valence-corrected chi connectivity index (χ0v) is 18.3. The monoisotopic (exact) mass is 446 g/mol. The van der Waals surface area contributed by atoms with Crippen LogP contribution in [0.4, 0.5) is 11.4 Å². The van der Waals surface area contributed by atoms with Crippen molar-refractivity contribution >= 4 is 38.9 Å². The van der Waals surface area contributed by atoms with Crippen LogP contribution >= 0.6 is 11.6 Å². The molecule has 1 aromatic heterocycles. The van der Waals surface area contributed by atoms with Gasteiger partial charge in [0.15, 0.2) is 0 Å². The van der Waals surface area contributed by atoms with Crippen LogP contribution in [0.3, 0.4) is 0 Å². The number of sulfonamides is 1. The minimum Gasteiger partial charge on any atom is -0.370 e. The van der Waals surface area contributed by atoms with Crippen molar-refractivity contribution in [2.24, 2.45) is 5.41 Å². The van der Waals surface area contributed by atoms with Gasteiger partial charge >= 0.3 is 0 Å².